The Kier molecular flexibility index (Phi) is 3.96. The average molecular weight is 280 g/mol. The van der Waals surface area contributed by atoms with Gasteiger partial charge < -0.3 is 15.3 Å². The number of nitrogens with one attached hydrogen (secondary N) is 1. The molecular weight excluding hydrogens is 260 g/mol. The number of likely N-dealkylation sites (tertiary alicyclic amines) is 1. The molecule has 1 aromatic rings. The molecule has 1 aliphatic rings. The van der Waals surface area contributed by atoms with Crippen LogP contribution in [0.15, 0.2) is 12.4 Å². The van der Waals surface area contributed by atoms with Crippen molar-refractivity contribution in [1.82, 2.24) is 20.0 Å². The largest absolute Gasteiger partial charge is 0.481 e. The number of aryl methyl sites for hydroxylation is 1. The second-order valence-electron chi connectivity index (χ2n) is 5.57. The summed E-state index contributed by atoms with van der Waals surface area (Å²) >= 11 is 0. The second kappa shape index (κ2) is 5.52. The van der Waals surface area contributed by atoms with Gasteiger partial charge in [0.1, 0.15) is 0 Å². The first kappa shape index (κ1) is 14.4. The van der Waals surface area contributed by atoms with Crippen LogP contribution in [0.3, 0.4) is 0 Å². The maximum Gasteiger partial charge on any atom is 0.317 e. The van der Waals surface area contributed by atoms with Crippen LogP contribution in [-0.2, 0) is 18.4 Å². The summed E-state index contributed by atoms with van der Waals surface area (Å²) in [5.41, 5.74) is 0.0722. The van der Waals surface area contributed by atoms with Gasteiger partial charge in [-0.1, -0.05) is 0 Å². The van der Waals surface area contributed by atoms with Crippen molar-refractivity contribution in [1.29, 1.82) is 0 Å². The summed E-state index contributed by atoms with van der Waals surface area (Å²) in [7, 11) is 1.81. The highest BCUT2D eigenvalue weighted by atomic mass is 16.4. The van der Waals surface area contributed by atoms with Crippen molar-refractivity contribution in [3.05, 3.63) is 18.0 Å². The first-order chi connectivity index (χ1) is 9.40. The van der Waals surface area contributed by atoms with E-state index in [0.29, 0.717) is 25.9 Å². The number of carbonyl (C=O) groups excluding carboxylic acids is 1. The molecule has 7 nitrogen and oxygen atoms in total. The van der Waals surface area contributed by atoms with E-state index in [-0.39, 0.29) is 12.6 Å². The van der Waals surface area contributed by atoms with Crippen LogP contribution in [0.2, 0.25) is 0 Å². The van der Waals surface area contributed by atoms with Gasteiger partial charge in [-0.2, -0.15) is 5.10 Å². The first-order valence-corrected chi connectivity index (χ1v) is 6.64. The van der Waals surface area contributed by atoms with Crippen molar-refractivity contribution >= 4 is 12.0 Å². The van der Waals surface area contributed by atoms with Crippen LogP contribution in [0.1, 0.15) is 25.3 Å². The van der Waals surface area contributed by atoms with E-state index in [0.717, 1.165) is 5.56 Å². The third kappa shape index (κ3) is 3.09. The summed E-state index contributed by atoms with van der Waals surface area (Å²) in [4.78, 5) is 24.9. The summed E-state index contributed by atoms with van der Waals surface area (Å²) in [6, 6.07) is -0.221. The molecular formula is C13H20N4O3. The zero-order valence-electron chi connectivity index (χ0n) is 11.8. The van der Waals surface area contributed by atoms with Gasteiger partial charge in [0.05, 0.1) is 11.6 Å². The fourth-order valence-corrected chi connectivity index (χ4v) is 2.44. The van der Waals surface area contributed by atoms with E-state index in [1.807, 2.05) is 13.2 Å². The number of aliphatic carboxylic acids is 1. The highest BCUT2D eigenvalue weighted by Crippen LogP contribution is 2.29. The molecule has 20 heavy (non-hydrogen) atoms. The molecule has 0 saturated carbocycles. The van der Waals surface area contributed by atoms with Gasteiger partial charge in [0, 0.05) is 38.4 Å². The van der Waals surface area contributed by atoms with E-state index < -0.39 is 11.4 Å². The molecule has 1 saturated heterocycles. The standard InChI is InChI=1S/C13H20N4O3/c1-13(11(18)19)4-3-5-17(9-13)12(20)14-6-10-7-15-16(2)8-10/h7-8H,3-6,9H2,1-2H3,(H,14,20)(H,18,19). The van der Waals surface area contributed by atoms with E-state index in [1.54, 1.807) is 22.7 Å². The zero-order chi connectivity index (χ0) is 14.8. The maximum absolute atomic E-state index is 12.1. The number of carboxylic acid groups (broad SMARTS) is 1. The van der Waals surface area contributed by atoms with Gasteiger partial charge in [-0.3, -0.25) is 9.48 Å². The molecule has 110 valence electrons. The minimum absolute atomic E-state index is 0.221. The Morgan fingerprint density at radius 2 is 2.30 bits per heavy atom. The molecule has 0 aromatic carbocycles. The summed E-state index contributed by atoms with van der Waals surface area (Å²) in [5, 5.41) is 16.1. The predicted octanol–water partition coefficient (Wildman–Crippen LogP) is 0.816. The summed E-state index contributed by atoms with van der Waals surface area (Å²) in [5.74, 6) is -0.845. The molecule has 1 atom stereocenters. The molecule has 2 amide bonds. The van der Waals surface area contributed by atoms with Crippen LogP contribution in [0.5, 0.6) is 0 Å². The van der Waals surface area contributed by atoms with Gasteiger partial charge in [-0.25, -0.2) is 4.79 Å². The monoisotopic (exact) mass is 280 g/mol. The molecule has 2 heterocycles. The van der Waals surface area contributed by atoms with E-state index >= 15 is 0 Å². The van der Waals surface area contributed by atoms with E-state index in [4.69, 9.17) is 0 Å². The number of rotatable bonds is 3. The molecule has 0 aliphatic carbocycles. The van der Waals surface area contributed by atoms with Crippen LogP contribution in [-0.4, -0.2) is 44.9 Å². The minimum atomic E-state index is -0.845. The molecule has 1 aliphatic heterocycles. The molecule has 7 heteroatoms. The predicted molar refractivity (Wildman–Crippen MR) is 72.0 cm³/mol. The summed E-state index contributed by atoms with van der Waals surface area (Å²) in [6.45, 7) is 2.94. The molecule has 1 aromatic heterocycles. The molecule has 0 bridgehead atoms. The number of urea groups is 1. The number of carbonyl (C=O) groups is 2. The number of hydrogen-bond donors (Lipinski definition) is 2. The Bertz CT molecular complexity index is 513. The Morgan fingerprint density at radius 3 is 2.90 bits per heavy atom. The van der Waals surface area contributed by atoms with Crippen LogP contribution in [0.25, 0.3) is 0 Å². The molecule has 2 N–H and O–H groups in total. The number of amides is 2. The number of hydrogen-bond acceptors (Lipinski definition) is 3. The van der Waals surface area contributed by atoms with E-state index in [9.17, 15) is 14.7 Å². The van der Waals surface area contributed by atoms with Crippen molar-refractivity contribution in [2.45, 2.75) is 26.3 Å². The van der Waals surface area contributed by atoms with Crippen molar-refractivity contribution in [2.24, 2.45) is 12.5 Å². The number of piperidine rings is 1. The molecule has 0 spiro atoms. The Balaban J connectivity index is 1.90. The Morgan fingerprint density at radius 1 is 1.55 bits per heavy atom. The number of nitrogens with zero attached hydrogens (tertiary/aromatic N) is 3. The summed E-state index contributed by atoms with van der Waals surface area (Å²) in [6.07, 6.45) is 4.84. The van der Waals surface area contributed by atoms with Gasteiger partial charge in [-0.15, -0.1) is 0 Å². The molecule has 1 unspecified atom stereocenters. The van der Waals surface area contributed by atoms with Crippen LogP contribution in [0.4, 0.5) is 4.79 Å². The molecule has 1 fully saturated rings. The lowest BCUT2D eigenvalue weighted by molar-refractivity contribution is -0.150. The Labute approximate surface area is 117 Å². The van der Waals surface area contributed by atoms with Crippen molar-refractivity contribution in [2.75, 3.05) is 13.1 Å². The highest BCUT2D eigenvalue weighted by Gasteiger charge is 2.39. The second-order valence-corrected chi connectivity index (χ2v) is 5.57. The lowest BCUT2D eigenvalue weighted by Crippen LogP contribution is -2.51. The third-order valence-electron chi connectivity index (χ3n) is 3.70. The normalized spacial score (nSPS) is 22.6. The maximum atomic E-state index is 12.1. The lowest BCUT2D eigenvalue weighted by Gasteiger charge is -2.37. The van der Waals surface area contributed by atoms with Gasteiger partial charge >= 0.3 is 12.0 Å². The first-order valence-electron chi connectivity index (χ1n) is 6.64. The summed E-state index contributed by atoms with van der Waals surface area (Å²) < 4.78 is 1.67. The third-order valence-corrected chi connectivity index (χ3v) is 3.70. The molecule has 2 rings (SSSR count). The fraction of sp³-hybridized carbons (Fsp3) is 0.615. The van der Waals surface area contributed by atoms with Gasteiger partial charge in [0.15, 0.2) is 0 Å². The minimum Gasteiger partial charge on any atom is -0.481 e. The topological polar surface area (TPSA) is 87.5 Å². The van der Waals surface area contributed by atoms with Gasteiger partial charge in [-0.05, 0) is 19.8 Å². The van der Waals surface area contributed by atoms with Crippen LogP contribution < -0.4 is 5.32 Å². The number of carboxylic acids is 1. The van der Waals surface area contributed by atoms with Crippen molar-refractivity contribution in [3.8, 4) is 0 Å². The zero-order valence-corrected chi connectivity index (χ0v) is 11.8. The van der Waals surface area contributed by atoms with Crippen LogP contribution in [0, 0.1) is 5.41 Å². The fourth-order valence-electron chi connectivity index (χ4n) is 2.44. The van der Waals surface area contributed by atoms with Gasteiger partial charge in [0.2, 0.25) is 0 Å². The smallest absolute Gasteiger partial charge is 0.317 e. The van der Waals surface area contributed by atoms with E-state index in [2.05, 4.69) is 10.4 Å². The van der Waals surface area contributed by atoms with Crippen LogP contribution >= 0.6 is 0 Å². The number of aromatic nitrogens is 2. The van der Waals surface area contributed by atoms with Gasteiger partial charge in [0.25, 0.3) is 0 Å². The van der Waals surface area contributed by atoms with E-state index in [1.165, 1.54) is 0 Å². The lowest BCUT2D eigenvalue weighted by atomic mass is 9.82. The molecule has 0 radical (unpaired) electrons. The SMILES string of the molecule is Cn1cc(CNC(=O)N2CCCC(C)(C(=O)O)C2)cn1. The quantitative estimate of drug-likeness (QED) is 0.858. The average Bonchev–Trinajstić information content (AvgIpc) is 2.81. The van der Waals surface area contributed by atoms with Crippen molar-refractivity contribution < 1.29 is 14.7 Å². The van der Waals surface area contributed by atoms with Crippen molar-refractivity contribution in [3.63, 3.8) is 0 Å². The Hall–Kier alpha value is -2.05. The highest BCUT2D eigenvalue weighted by molar-refractivity contribution is 5.78.